The molecule has 1 atom stereocenters. The van der Waals surface area contributed by atoms with E-state index in [0.29, 0.717) is 5.92 Å². The quantitative estimate of drug-likeness (QED) is 0.863. The Balaban J connectivity index is 1.50. The third kappa shape index (κ3) is 3.67. The van der Waals surface area contributed by atoms with Crippen molar-refractivity contribution in [2.24, 2.45) is 5.73 Å². The maximum Gasteiger partial charge on any atom is 0.238 e. The van der Waals surface area contributed by atoms with Crippen LogP contribution in [0.5, 0.6) is 0 Å². The lowest BCUT2D eigenvalue weighted by molar-refractivity contribution is -0.132. The second kappa shape index (κ2) is 7.72. The number of carbonyl (C=O) groups excluding carboxylic acids is 1. The minimum absolute atomic E-state index is 0.160. The van der Waals surface area contributed by atoms with Crippen LogP contribution in [0.4, 0.5) is 5.82 Å². The molecule has 0 spiro atoms. The summed E-state index contributed by atoms with van der Waals surface area (Å²) < 4.78 is 5.53. The van der Waals surface area contributed by atoms with Gasteiger partial charge in [0.2, 0.25) is 5.91 Å². The molecule has 0 bridgehead atoms. The molecule has 1 aromatic heterocycles. The molecule has 2 N–H and O–H groups in total. The molecule has 7 heteroatoms. The second-order valence-corrected chi connectivity index (χ2v) is 8.19. The molecule has 0 aliphatic carbocycles. The Morgan fingerprint density at radius 2 is 1.93 bits per heavy atom. The van der Waals surface area contributed by atoms with E-state index >= 15 is 0 Å². The van der Waals surface area contributed by atoms with Gasteiger partial charge in [-0.2, -0.15) is 0 Å². The van der Waals surface area contributed by atoms with Crippen LogP contribution in [0.3, 0.4) is 0 Å². The van der Waals surface area contributed by atoms with E-state index in [2.05, 4.69) is 25.8 Å². The molecule has 3 saturated heterocycles. The summed E-state index contributed by atoms with van der Waals surface area (Å²) in [5.41, 5.74) is 6.51. The highest BCUT2D eigenvalue weighted by Gasteiger charge is 2.45. The van der Waals surface area contributed by atoms with Gasteiger partial charge < -0.3 is 15.4 Å². The molecule has 148 valence electrons. The summed E-state index contributed by atoms with van der Waals surface area (Å²) in [7, 11) is 0. The van der Waals surface area contributed by atoms with Crippen molar-refractivity contribution in [2.45, 2.75) is 56.9 Å². The summed E-state index contributed by atoms with van der Waals surface area (Å²) in [6.45, 7) is 7.09. The van der Waals surface area contributed by atoms with E-state index < -0.39 is 5.54 Å². The minimum atomic E-state index is -0.485. The van der Waals surface area contributed by atoms with E-state index in [1.165, 1.54) is 6.42 Å². The molecule has 7 nitrogen and oxygen atoms in total. The summed E-state index contributed by atoms with van der Waals surface area (Å²) >= 11 is 0. The summed E-state index contributed by atoms with van der Waals surface area (Å²) in [6, 6.07) is 2.12. The molecule has 0 aromatic carbocycles. The van der Waals surface area contributed by atoms with Crippen LogP contribution in [0.25, 0.3) is 0 Å². The van der Waals surface area contributed by atoms with Crippen molar-refractivity contribution >= 4 is 11.7 Å². The fourth-order valence-corrected chi connectivity index (χ4v) is 4.86. The Hall–Kier alpha value is -1.73. The molecule has 3 fully saturated rings. The van der Waals surface area contributed by atoms with Crippen molar-refractivity contribution < 1.29 is 9.53 Å². The number of ether oxygens (including phenoxy) is 1. The van der Waals surface area contributed by atoms with Crippen LogP contribution < -0.4 is 10.6 Å². The van der Waals surface area contributed by atoms with Crippen molar-refractivity contribution in [3.63, 3.8) is 0 Å². The number of amides is 1. The van der Waals surface area contributed by atoms with Gasteiger partial charge in [-0.3, -0.25) is 9.69 Å². The first kappa shape index (κ1) is 18.6. The molecule has 27 heavy (non-hydrogen) atoms. The van der Waals surface area contributed by atoms with Crippen LogP contribution >= 0.6 is 0 Å². The number of nitrogens with two attached hydrogens (primary N) is 1. The van der Waals surface area contributed by atoms with Crippen LogP contribution in [-0.4, -0.2) is 65.7 Å². The first-order valence-electron chi connectivity index (χ1n) is 10.3. The van der Waals surface area contributed by atoms with Gasteiger partial charge in [0.05, 0.1) is 12.3 Å². The number of likely N-dealkylation sites (tertiary alicyclic amines) is 1. The first-order chi connectivity index (χ1) is 13.1. The lowest BCUT2D eigenvalue weighted by Crippen LogP contribution is -2.63. The summed E-state index contributed by atoms with van der Waals surface area (Å²) in [5, 5.41) is 0. The maximum atomic E-state index is 12.4. The number of primary amides is 1. The molecule has 3 aliphatic rings. The van der Waals surface area contributed by atoms with Gasteiger partial charge in [-0.25, -0.2) is 9.97 Å². The number of aromatic nitrogens is 2. The molecule has 0 unspecified atom stereocenters. The highest BCUT2D eigenvalue weighted by molar-refractivity contribution is 5.85. The standard InChI is InChI=1S/C20H31N5O2/c1-15-22-17(16-5-12-27-14-16)13-18(23-15)24-10-6-20(7-11-24,19(21)26)25-8-3-2-4-9-25/h13,16H,2-12,14H2,1H3,(H2,21,26)/t16-/m1/s1. The monoisotopic (exact) mass is 373 g/mol. The van der Waals surface area contributed by atoms with Gasteiger partial charge >= 0.3 is 0 Å². The van der Waals surface area contributed by atoms with Crippen LogP contribution in [0.1, 0.15) is 56.0 Å². The van der Waals surface area contributed by atoms with E-state index in [0.717, 1.165) is 88.8 Å². The smallest absolute Gasteiger partial charge is 0.238 e. The van der Waals surface area contributed by atoms with Crippen LogP contribution in [0.15, 0.2) is 6.07 Å². The summed E-state index contributed by atoms with van der Waals surface area (Å²) in [6.07, 6.45) is 6.15. The van der Waals surface area contributed by atoms with Crippen molar-refractivity contribution in [1.82, 2.24) is 14.9 Å². The van der Waals surface area contributed by atoms with Crippen LogP contribution in [0.2, 0.25) is 0 Å². The van der Waals surface area contributed by atoms with Gasteiger partial charge in [0.25, 0.3) is 0 Å². The second-order valence-electron chi connectivity index (χ2n) is 8.19. The number of rotatable bonds is 4. The summed E-state index contributed by atoms with van der Waals surface area (Å²) in [4.78, 5) is 26.4. The van der Waals surface area contributed by atoms with Gasteiger partial charge in [0, 0.05) is 31.7 Å². The van der Waals surface area contributed by atoms with E-state index in [1.54, 1.807) is 0 Å². The Bertz CT molecular complexity index is 675. The maximum absolute atomic E-state index is 12.4. The average molecular weight is 374 g/mol. The van der Waals surface area contributed by atoms with Crippen molar-refractivity contribution in [1.29, 1.82) is 0 Å². The topological polar surface area (TPSA) is 84.6 Å². The fraction of sp³-hybridized carbons (Fsp3) is 0.750. The molecular formula is C20H31N5O2. The Morgan fingerprint density at radius 1 is 1.19 bits per heavy atom. The van der Waals surface area contributed by atoms with Gasteiger partial charge in [0.1, 0.15) is 17.2 Å². The first-order valence-corrected chi connectivity index (χ1v) is 10.3. The zero-order valence-corrected chi connectivity index (χ0v) is 16.3. The number of carbonyl (C=O) groups is 1. The number of anilines is 1. The minimum Gasteiger partial charge on any atom is -0.381 e. The normalized spacial score (nSPS) is 26.3. The predicted octanol–water partition coefficient (Wildman–Crippen LogP) is 1.60. The highest BCUT2D eigenvalue weighted by Crippen LogP contribution is 2.34. The SMILES string of the molecule is Cc1nc([C@@H]2CCOC2)cc(N2CCC(C(N)=O)(N3CCCCC3)CC2)n1. The Morgan fingerprint density at radius 3 is 2.56 bits per heavy atom. The number of nitrogens with zero attached hydrogens (tertiary/aromatic N) is 4. The fourth-order valence-electron chi connectivity index (χ4n) is 4.86. The van der Waals surface area contributed by atoms with E-state index in [-0.39, 0.29) is 5.91 Å². The molecular weight excluding hydrogens is 342 g/mol. The van der Waals surface area contributed by atoms with Gasteiger partial charge in [0.15, 0.2) is 0 Å². The third-order valence-corrected chi connectivity index (χ3v) is 6.53. The van der Waals surface area contributed by atoms with Gasteiger partial charge in [-0.05, 0) is 52.1 Å². The third-order valence-electron chi connectivity index (χ3n) is 6.53. The van der Waals surface area contributed by atoms with E-state index in [9.17, 15) is 4.79 Å². The van der Waals surface area contributed by atoms with E-state index in [1.807, 2.05) is 6.92 Å². The lowest BCUT2D eigenvalue weighted by atomic mass is 9.83. The van der Waals surface area contributed by atoms with Crippen molar-refractivity contribution in [3.05, 3.63) is 17.6 Å². The van der Waals surface area contributed by atoms with Crippen molar-refractivity contribution in [2.75, 3.05) is 44.3 Å². The Labute approximate surface area is 161 Å². The van der Waals surface area contributed by atoms with E-state index in [4.69, 9.17) is 10.5 Å². The lowest BCUT2D eigenvalue weighted by Gasteiger charge is -2.48. The van der Waals surface area contributed by atoms with Gasteiger partial charge in [-0.15, -0.1) is 0 Å². The largest absolute Gasteiger partial charge is 0.381 e. The molecule has 3 aliphatic heterocycles. The Kier molecular flexibility index (Phi) is 5.32. The summed E-state index contributed by atoms with van der Waals surface area (Å²) in [5.74, 6) is 1.98. The number of piperidine rings is 2. The molecule has 1 amide bonds. The zero-order valence-electron chi connectivity index (χ0n) is 16.3. The average Bonchev–Trinajstić information content (AvgIpc) is 3.23. The van der Waals surface area contributed by atoms with Crippen LogP contribution in [0, 0.1) is 6.92 Å². The number of hydrogen-bond acceptors (Lipinski definition) is 6. The highest BCUT2D eigenvalue weighted by atomic mass is 16.5. The molecule has 4 heterocycles. The molecule has 0 saturated carbocycles. The number of aryl methyl sites for hydroxylation is 1. The molecule has 0 radical (unpaired) electrons. The molecule has 1 aromatic rings. The number of hydrogen-bond donors (Lipinski definition) is 1. The predicted molar refractivity (Wildman–Crippen MR) is 104 cm³/mol. The molecule has 4 rings (SSSR count). The van der Waals surface area contributed by atoms with Crippen LogP contribution in [-0.2, 0) is 9.53 Å². The van der Waals surface area contributed by atoms with Gasteiger partial charge in [-0.1, -0.05) is 6.42 Å². The van der Waals surface area contributed by atoms with Crippen molar-refractivity contribution in [3.8, 4) is 0 Å². The zero-order chi connectivity index (χ0) is 18.9.